The average Bonchev–Trinajstić information content (AvgIpc) is 3.73. The van der Waals surface area contributed by atoms with Gasteiger partial charge in [-0.3, -0.25) is 8.74 Å². The second kappa shape index (κ2) is 18.7. The molecule has 1 spiro atoms. The fraction of sp³-hybridized carbons (Fsp3) is 0.633. The molecule has 0 radical (unpaired) electrons. The van der Waals surface area contributed by atoms with Gasteiger partial charge in [-0.15, -0.1) is 5.10 Å². The summed E-state index contributed by atoms with van der Waals surface area (Å²) in [5.41, 5.74) is 3.10. The lowest BCUT2D eigenvalue weighted by atomic mass is 10.0. The fourth-order valence-corrected chi connectivity index (χ4v) is 5.04. The Balaban J connectivity index is 0.00000179. The predicted octanol–water partition coefficient (Wildman–Crippen LogP) is 9.21. The van der Waals surface area contributed by atoms with Gasteiger partial charge in [0.2, 0.25) is 0 Å². The van der Waals surface area contributed by atoms with Crippen LogP contribution < -0.4 is 4.83 Å². The van der Waals surface area contributed by atoms with Crippen molar-refractivity contribution in [1.29, 1.82) is 0 Å². The van der Waals surface area contributed by atoms with Crippen molar-refractivity contribution < 1.29 is 13.5 Å². The lowest BCUT2D eigenvalue weighted by Gasteiger charge is -2.41. The molecule has 0 amide bonds. The summed E-state index contributed by atoms with van der Waals surface area (Å²) in [6.07, 6.45) is 6.09. The van der Waals surface area contributed by atoms with Crippen LogP contribution in [0.3, 0.4) is 0 Å². The van der Waals surface area contributed by atoms with Crippen LogP contribution in [0.15, 0.2) is 56.5 Å². The number of hydrogen-bond acceptors (Lipinski definition) is 5. The maximum Gasteiger partial charge on any atom is 0.159 e. The largest absolute Gasteiger partial charge is 0.377 e. The van der Waals surface area contributed by atoms with Crippen molar-refractivity contribution in [2.45, 2.75) is 105 Å². The van der Waals surface area contributed by atoms with Crippen LogP contribution in [-0.4, -0.2) is 47.7 Å². The molecule has 8 heteroatoms. The van der Waals surface area contributed by atoms with Crippen LogP contribution in [0.1, 0.15) is 93.6 Å². The quantitative estimate of drug-likeness (QED) is 0.148. The molecule has 2 fully saturated rings. The summed E-state index contributed by atoms with van der Waals surface area (Å²) in [5.74, 6) is 0.735. The van der Waals surface area contributed by atoms with Crippen molar-refractivity contribution in [3.63, 3.8) is 0 Å². The van der Waals surface area contributed by atoms with E-state index < -0.39 is 10.8 Å². The minimum absolute atomic E-state index is 0.0483. The number of nitrogens with zero attached hydrogens (tertiary/aromatic N) is 2. The van der Waals surface area contributed by atoms with Crippen LogP contribution in [0.5, 0.6) is 0 Å². The number of allylic oxidation sites excluding steroid dienone is 2. The van der Waals surface area contributed by atoms with Crippen molar-refractivity contribution in [2.24, 2.45) is 5.10 Å². The molecule has 2 aliphatic rings. The summed E-state index contributed by atoms with van der Waals surface area (Å²) in [4.78, 5) is 5.94. The van der Waals surface area contributed by atoms with E-state index in [2.05, 4.69) is 37.4 Å². The monoisotopic (exact) mass is 571 g/mol. The second-order valence-corrected chi connectivity index (χ2v) is 11.3. The number of benzene rings is 1. The van der Waals surface area contributed by atoms with Gasteiger partial charge in [0, 0.05) is 17.2 Å². The Bertz CT molecular complexity index is 899. The first-order chi connectivity index (χ1) is 18.2. The van der Waals surface area contributed by atoms with E-state index >= 15 is 0 Å². The van der Waals surface area contributed by atoms with Gasteiger partial charge in [0.25, 0.3) is 0 Å². The highest BCUT2D eigenvalue weighted by molar-refractivity contribution is 8.23. The van der Waals surface area contributed by atoms with E-state index in [4.69, 9.17) is 25.6 Å². The summed E-state index contributed by atoms with van der Waals surface area (Å²) >= 11 is 6.70. The lowest BCUT2D eigenvalue weighted by molar-refractivity contribution is 0.0148. The Kier molecular flexibility index (Phi) is 18.0. The second-order valence-electron chi connectivity index (χ2n) is 8.81. The number of halogens is 1. The van der Waals surface area contributed by atoms with Crippen molar-refractivity contribution in [3.8, 4) is 0 Å². The lowest BCUT2D eigenvalue weighted by Crippen LogP contribution is -2.51. The molecule has 220 valence electrons. The summed E-state index contributed by atoms with van der Waals surface area (Å²) in [6, 6.07) is 7.62. The van der Waals surface area contributed by atoms with Gasteiger partial charge in [-0.1, -0.05) is 107 Å². The smallest absolute Gasteiger partial charge is 0.159 e. The van der Waals surface area contributed by atoms with E-state index in [-0.39, 0.29) is 5.54 Å². The van der Waals surface area contributed by atoms with Crippen molar-refractivity contribution in [1.82, 2.24) is 9.73 Å². The highest BCUT2D eigenvalue weighted by atomic mass is 35.5. The number of rotatable bonds is 7. The molecule has 0 bridgehead atoms. The first-order valence-electron chi connectivity index (χ1n) is 14.1. The van der Waals surface area contributed by atoms with E-state index in [1.54, 1.807) is 0 Å². The van der Waals surface area contributed by atoms with Crippen LogP contribution in [0.2, 0.25) is 0 Å². The topological polar surface area (TPSA) is 66.3 Å². The number of hydrogen-bond donors (Lipinski definition) is 2. The van der Waals surface area contributed by atoms with Gasteiger partial charge in [-0.05, 0) is 52.2 Å². The highest BCUT2D eigenvalue weighted by Crippen LogP contribution is 2.49. The van der Waals surface area contributed by atoms with Gasteiger partial charge in [-0.2, -0.15) is 4.83 Å². The first-order valence-corrected chi connectivity index (χ1v) is 16.0. The minimum Gasteiger partial charge on any atom is -0.377 e. The van der Waals surface area contributed by atoms with E-state index in [0.29, 0.717) is 23.1 Å². The molecular weight excluding hydrogens is 518 g/mol. The molecule has 1 aliphatic heterocycles. The molecule has 1 aromatic rings. The maximum atomic E-state index is 11.3. The number of amidine groups is 1. The Labute approximate surface area is 240 Å². The summed E-state index contributed by atoms with van der Waals surface area (Å²) in [5, 5.41) is 5.43. The number of hydrazone groups is 1. The zero-order valence-corrected chi connectivity index (χ0v) is 27.4. The van der Waals surface area contributed by atoms with Crippen molar-refractivity contribution in [2.75, 3.05) is 26.9 Å². The minimum atomic E-state index is -2.80. The van der Waals surface area contributed by atoms with Crippen LogP contribution in [-0.2, 0) is 8.92 Å². The Morgan fingerprint density at radius 2 is 1.74 bits per heavy atom. The molecule has 1 atom stereocenters. The van der Waals surface area contributed by atoms with E-state index in [1.807, 2.05) is 71.9 Å². The fourth-order valence-electron chi connectivity index (χ4n) is 3.71. The van der Waals surface area contributed by atoms with Gasteiger partial charge < -0.3 is 9.64 Å². The van der Waals surface area contributed by atoms with Gasteiger partial charge >= 0.3 is 0 Å². The molecule has 1 aromatic carbocycles. The number of aryl methyl sites for hydroxylation is 1. The Morgan fingerprint density at radius 1 is 1.18 bits per heavy atom. The zero-order valence-electron chi connectivity index (χ0n) is 25.8. The molecule has 1 aliphatic carbocycles. The summed E-state index contributed by atoms with van der Waals surface area (Å²) in [7, 11) is -1.31. The number of morpholine rings is 1. The third kappa shape index (κ3) is 9.91. The molecule has 2 N–H and O–H groups in total. The highest BCUT2D eigenvalue weighted by Gasteiger charge is 2.52. The summed E-state index contributed by atoms with van der Waals surface area (Å²) < 4.78 is 22.6. The molecule has 1 saturated heterocycles. The molecule has 6 nitrogen and oxygen atoms in total. The Morgan fingerprint density at radius 3 is 2.18 bits per heavy atom. The SMILES string of the molecule is CC.CC.CCC.C\C=C(Cl)/C(=C(/C)CC)C(=N\NS(O)(OC)c1ccc(C)cc1)/N1CCOCC12CC2. The third-order valence-corrected chi connectivity index (χ3v) is 8.15. The van der Waals surface area contributed by atoms with E-state index in [1.165, 1.54) is 13.5 Å². The maximum absolute atomic E-state index is 11.3. The molecule has 0 aromatic heterocycles. The van der Waals surface area contributed by atoms with E-state index in [9.17, 15) is 4.55 Å². The third-order valence-electron chi connectivity index (χ3n) is 6.02. The normalized spacial score (nSPS) is 19.2. The molecule has 1 heterocycles. The molecule has 1 unspecified atom stereocenters. The van der Waals surface area contributed by atoms with Gasteiger partial charge in [0.05, 0.1) is 30.8 Å². The molecule has 38 heavy (non-hydrogen) atoms. The van der Waals surface area contributed by atoms with Crippen LogP contribution in [0.25, 0.3) is 0 Å². The standard InChI is InChI=1S/C23H34ClN3O3S.C3H8.2C2H6/c1-6-18(4)21(20(24)7-2)22(27-14-15-30-16-23(27)12-13-23)25-26-31(28,29-5)19-10-8-17(3)9-11-19;1-3-2;2*1-2/h7-11,26,28H,6,12-16H2,1-5H3;3H2,1-2H3;2*1-2H3/b20-7+,21-18+,25-22+;;;. The van der Waals surface area contributed by atoms with Crippen LogP contribution in [0, 0.1) is 6.92 Å². The average molecular weight is 572 g/mol. The first kappa shape index (κ1) is 36.5. The zero-order chi connectivity index (χ0) is 29.4. The van der Waals surface area contributed by atoms with Gasteiger partial charge in [-0.25, -0.2) is 0 Å². The van der Waals surface area contributed by atoms with Gasteiger partial charge in [0.1, 0.15) is 0 Å². The van der Waals surface area contributed by atoms with Gasteiger partial charge in [0.15, 0.2) is 5.84 Å². The van der Waals surface area contributed by atoms with Crippen LogP contribution in [0.4, 0.5) is 0 Å². The number of nitrogens with one attached hydrogen (secondary N) is 1. The molecule has 3 rings (SSSR count). The van der Waals surface area contributed by atoms with Crippen molar-refractivity contribution in [3.05, 3.63) is 52.1 Å². The summed E-state index contributed by atoms with van der Waals surface area (Å²) in [6.45, 7) is 22.4. The Hall–Kier alpha value is -1.51. The number of ether oxygens (including phenoxy) is 1. The van der Waals surface area contributed by atoms with Crippen molar-refractivity contribution >= 4 is 28.2 Å². The molecular formula is C30H54ClN3O3S. The van der Waals surface area contributed by atoms with Crippen LogP contribution >= 0.6 is 22.4 Å². The predicted molar refractivity (Wildman–Crippen MR) is 168 cm³/mol. The molecule has 1 saturated carbocycles. The van der Waals surface area contributed by atoms with E-state index in [0.717, 1.165) is 48.4 Å².